The van der Waals surface area contributed by atoms with Crippen LogP contribution in [0.2, 0.25) is 5.02 Å². The smallest absolute Gasteiger partial charge is 0.266 e. The van der Waals surface area contributed by atoms with Crippen LogP contribution in [-0.2, 0) is 9.53 Å². The first-order chi connectivity index (χ1) is 15.1. The number of ether oxygens (including phenoxy) is 1. The van der Waals surface area contributed by atoms with Crippen molar-refractivity contribution in [1.82, 2.24) is 14.7 Å². The minimum Gasteiger partial charge on any atom is -0.385 e. The van der Waals surface area contributed by atoms with Gasteiger partial charge >= 0.3 is 0 Å². The zero-order chi connectivity index (χ0) is 21.8. The van der Waals surface area contributed by atoms with Crippen molar-refractivity contribution in [1.29, 1.82) is 0 Å². The summed E-state index contributed by atoms with van der Waals surface area (Å²) in [6.07, 6.45) is 4.53. The van der Waals surface area contributed by atoms with Crippen LogP contribution >= 0.6 is 35.6 Å². The van der Waals surface area contributed by atoms with Gasteiger partial charge < -0.3 is 4.74 Å². The molecule has 0 atom stereocenters. The molecule has 0 radical (unpaired) electrons. The summed E-state index contributed by atoms with van der Waals surface area (Å²) >= 11 is 12.8. The van der Waals surface area contributed by atoms with E-state index in [1.807, 2.05) is 71.6 Å². The number of carbonyl (C=O) groups is 1. The van der Waals surface area contributed by atoms with Crippen LogP contribution in [0, 0.1) is 0 Å². The predicted octanol–water partition coefficient (Wildman–Crippen LogP) is 5.43. The van der Waals surface area contributed by atoms with Crippen molar-refractivity contribution < 1.29 is 9.53 Å². The monoisotopic (exact) mass is 469 g/mol. The van der Waals surface area contributed by atoms with E-state index in [0.29, 0.717) is 27.4 Å². The molecule has 1 aromatic heterocycles. The molecule has 0 saturated carbocycles. The van der Waals surface area contributed by atoms with Crippen molar-refractivity contribution in [2.45, 2.75) is 6.42 Å². The van der Waals surface area contributed by atoms with Crippen LogP contribution in [-0.4, -0.2) is 45.2 Å². The highest BCUT2D eigenvalue weighted by Crippen LogP contribution is 2.35. The molecule has 0 spiro atoms. The van der Waals surface area contributed by atoms with Gasteiger partial charge in [0.25, 0.3) is 5.91 Å². The molecule has 5 nitrogen and oxygen atoms in total. The Morgan fingerprint density at radius 1 is 1.16 bits per heavy atom. The second kappa shape index (κ2) is 9.78. The van der Waals surface area contributed by atoms with Crippen molar-refractivity contribution in [3.63, 3.8) is 0 Å². The fraction of sp³-hybridized carbons (Fsp3) is 0.174. The number of nitrogens with zero attached hydrogens (tertiary/aromatic N) is 3. The zero-order valence-corrected chi connectivity index (χ0v) is 19.2. The maximum atomic E-state index is 12.9. The average Bonchev–Trinajstić information content (AvgIpc) is 3.31. The Balaban J connectivity index is 1.71. The number of hydrogen-bond acceptors (Lipinski definition) is 5. The van der Waals surface area contributed by atoms with Gasteiger partial charge in [-0.15, -0.1) is 0 Å². The van der Waals surface area contributed by atoms with Gasteiger partial charge in [0, 0.05) is 42.6 Å². The molecule has 0 N–H and O–H groups in total. The molecular formula is C23H20ClN3O2S2. The SMILES string of the molecule is COCCCN1C(=O)/C(=C/c2cn(-c3ccccc3)nc2-c2ccc(Cl)cc2)SC1=S. The Bertz CT molecular complexity index is 1130. The molecule has 2 aromatic carbocycles. The number of para-hydroxylation sites is 1. The third kappa shape index (κ3) is 4.91. The number of amides is 1. The maximum absolute atomic E-state index is 12.9. The van der Waals surface area contributed by atoms with E-state index in [2.05, 4.69) is 0 Å². The molecule has 158 valence electrons. The summed E-state index contributed by atoms with van der Waals surface area (Å²) in [7, 11) is 1.65. The first-order valence-electron chi connectivity index (χ1n) is 9.72. The fourth-order valence-corrected chi connectivity index (χ4v) is 4.66. The fourth-order valence-electron chi connectivity index (χ4n) is 3.24. The molecule has 2 heterocycles. The van der Waals surface area contributed by atoms with E-state index in [0.717, 1.165) is 28.9 Å². The number of thioether (sulfide) groups is 1. The lowest BCUT2D eigenvalue weighted by Crippen LogP contribution is -2.29. The molecule has 3 aromatic rings. The van der Waals surface area contributed by atoms with E-state index in [4.69, 9.17) is 33.7 Å². The molecule has 1 amide bonds. The summed E-state index contributed by atoms with van der Waals surface area (Å²) < 4.78 is 7.47. The number of methoxy groups -OCH3 is 1. The van der Waals surface area contributed by atoms with Gasteiger partial charge in [0.1, 0.15) is 4.32 Å². The molecule has 4 rings (SSSR count). The van der Waals surface area contributed by atoms with Gasteiger partial charge in [0.05, 0.1) is 16.3 Å². The van der Waals surface area contributed by atoms with Gasteiger partial charge in [0.15, 0.2) is 0 Å². The first-order valence-corrected chi connectivity index (χ1v) is 11.3. The highest BCUT2D eigenvalue weighted by Gasteiger charge is 2.32. The number of carbonyl (C=O) groups excluding carboxylic acids is 1. The quantitative estimate of drug-likeness (QED) is 0.262. The average molecular weight is 470 g/mol. The lowest BCUT2D eigenvalue weighted by molar-refractivity contribution is -0.122. The van der Waals surface area contributed by atoms with E-state index in [9.17, 15) is 4.79 Å². The molecule has 0 aliphatic carbocycles. The van der Waals surface area contributed by atoms with Gasteiger partial charge in [-0.3, -0.25) is 9.69 Å². The van der Waals surface area contributed by atoms with Crippen molar-refractivity contribution >= 4 is 51.9 Å². The van der Waals surface area contributed by atoms with E-state index < -0.39 is 0 Å². The number of thiocarbonyl (C=S) groups is 1. The third-order valence-corrected chi connectivity index (χ3v) is 6.40. The van der Waals surface area contributed by atoms with Crippen LogP contribution in [0.25, 0.3) is 23.0 Å². The lowest BCUT2D eigenvalue weighted by atomic mass is 10.1. The Kier molecular flexibility index (Phi) is 6.87. The summed E-state index contributed by atoms with van der Waals surface area (Å²) in [5.41, 5.74) is 3.46. The van der Waals surface area contributed by atoms with Gasteiger partial charge in [-0.25, -0.2) is 4.68 Å². The minimum atomic E-state index is -0.0828. The number of benzene rings is 2. The zero-order valence-electron chi connectivity index (χ0n) is 16.8. The van der Waals surface area contributed by atoms with Crippen LogP contribution in [0.3, 0.4) is 0 Å². The third-order valence-electron chi connectivity index (χ3n) is 4.77. The van der Waals surface area contributed by atoms with Gasteiger partial charge in [-0.2, -0.15) is 5.10 Å². The summed E-state index contributed by atoms with van der Waals surface area (Å²) in [4.78, 5) is 15.2. The molecule has 1 saturated heterocycles. The second-order valence-corrected chi connectivity index (χ2v) is 9.01. The molecule has 8 heteroatoms. The van der Waals surface area contributed by atoms with Crippen LogP contribution in [0.5, 0.6) is 0 Å². The molecule has 1 aliphatic rings. The van der Waals surface area contributed by atoms with Crippen LogP contribution in [0.1, 0.15) is 12.0 Å². The molecule has 0 unspecified atom stereocenters. The summed E-state index contributed by atoms with van der Waals surface area (Å²) in [5.74, 6) is -0.0828. The van der Waals surface area contributed by atoms with E-state index in [-0.39, 0.29) is 5.91 Å². The van der Waals surface area contributed by atoms with E-state index in [1.165, 1.54) is 11.8 Å². The predicted molar refractivity (Wildman–Crippen MR) is 130 cm³/mol. The van der Waals surface area contributed by atoms with E-state index >= 15 is 0 Å². The summed E-state index contributed by atoms with van der Waals surface area (Å²) in [5, 5.41) is 5.45. The highest BCUT2D eigenvalue weighted by molar-refractivity contribution is 8.26. The summed E-state index contributed by atoms with van der Waals surface area (Å²) in [6.45, 7) is 1.13. The van der Waals surface area contributed by atoms with Crippen molar-refractivity contribution in [2.24, 2.45) is 0 Å². The standard InChI is InChI=1S/C23H20ClN3O2S2/c1-29-13-5-12-26-22(28)20(31-23(26)30)14-17-15-27(19-6-3-2-4-7-19)25-21(17)16-8-10-18(24)11-9-16/h2-4,6-11,14-15H,5,12-13H2,1H3/b20-14-. The van der Waals surface area contributed by atoms with Crippen molar-refractivity contribution in [2.75, 3.05) is 20.3 Å². The molecule has 0 bridgehead atoms. The van der Waals surface area contributed by atoms with E-state index in [1.54, 1.807) is 12.0 Å². The second-order valence-electron chi connectivity index (χ2n) is 6.90. The molecule has 1 aliphatic heterocycles. The molecule has 31 heavy (non-hydrogen) atoms. The highest BCUT2D eigenvalue weighted by atomic mass is 35.5. The first kappa shape index (κ1) is 21.8. The number of rotatable bonds is 7. The largest absolute Gasteiger partial charge is 0.385 e. The van der Waals surface area contributed by atoms with Gasteiger partial charge in [0.2, 0.25) is 0 Å². The van der Waals surface area contributed by atoms with Crippen LogP contribution < -0.4 is 0 Å². The van der Waals surface area contributed by atoms with Crippen LogP contribution in [0.4, 0.5) is 0 Å². The van der Waals surface area contributed by atoms with Crippen molar-refractivity contribution in [3.05, 3.63) is 76.3 Å². The molecule has 1 fully saturated rings. The minimum absolute atomic E-state index is 0.0828. The Labute approximate surface area is 195 Å². The van der Waals surface area contributed by atoms with Crippen molar-refractivity contribution in [3.8, 4) is 16.9 Å². The number of halogens is 1. The Hall–Kier alpha value is -2.45. The Morgan fingerprint density at radius 3 is 2.61 bits per heavy atom. The Morgan fingerprint density at radius 2 is 1.90 bits per heavy atom. The summed E-state index contributed by atoms with van der Waals surface area (Å²) in [6, 6.07) is 17.4. The number of aromatic nitrogens is 2. The number of hydrogen-bond donors (Lipinski definition) is 0. The lowest BCUT2D eigenvalue weighted by Gasteiger charge is -2.13. The van der Waals surface area contributed by atoms with Gasteiger partial charge in [-0.05, 0) is 36.8 Å². The maximum Gasteiger partial charge on any atom is 0.266 e. The topological polar surface area (TPSA) is 47.4 Å². The normalized spacial score (nSPS) is 15.3. The van der Waals surface area contributed by atoms with Crippen LogP contribution in [0.15, 0.2) is 65.7 Å². The van der Waals surface area contributed by atoms with Gasteiger partial charge in [-0.1, -0.05) is 65.9 Å². The molecular weight excluding hydrogens is 450 g/mol.